The Balaban J connectivity index is 0. The van der Waals surface area contributed by atoms with E-state index in [0.29, 0.717) is 0 Å². The lowest BCUT2D eigenvalue weighted by Gasteiger charge is -1.88. The summed E-state index contributed by atoms with van der Waals surface area (Å²) in [5, 5.41) is 9.47. The molecule has 10 heavy (non-hydrogen) atoms. The van der Waals surface area contributed by atoms with Crippen molar-refractivity contribution in [3.8, 4) is 0 Å². The van der Waals surface area contributed by atoms with Crippen LogP contribution in [0.3, 0.4) is 0 Å². The topological polar surface area (TPSA) is 148 Å². The van der Waals surface area contributed by atoms with Crippen molar-refractivity contribution in [2.45, 2.75) is 0 Å². The van der Waals surface area contributed by atoms with Gasteiger partial charge in [-0.25, -0.2) is 9.59 Å². The van der Waals surface area contributed by atoms with Crippen LogP contribution in [0.2, 0.25) is 0 Å². The highest BCUT2D eigenvalue weighted by molar-refractivity contribution is 5.91. The summed E-state index contributed by atoms with van der Waals surface area (Å²) in [5.41, 5.74) is 8.88. The Morgan fingerprint density at radius 3 is 1.50 bits per heavy atom. The van der Waals surface area contributed by atoms with E-state index in [1.165, 1.54) is 5.34 Å². The predicted molar refractivity (Wildman–Crippen MR) is 29.9 cm³/mol. The number of rotatable bonds is 0. The van der Waals surface area contributed by atoms with E-state index in [0.717, 1.165) is 0 Å². The zero-order valence-corrected chi connectivity index (χ0v) is 4.77. The third kappa shape index (κ3) is 35.4. The second-order valence-electron chi connectivity index (χ2n) is 0.935. The fraction of sp³-hybridized carbons (Fsp3) is 0. The molecule has 0 rings (SSSR count). The summed E-state index contributed by atoms with van der Waals surface area (Å²) in [5.74, 6) is 0. The number of hydrogen-bond acceptors (Lipinski definition) is 4. The van der Waals surface area contributed by atoms with Gasteiger partial charge >= 0.3 is 12.1 Å². The molecule has 0 aromatic heterocycles. The first-order chi connectivity index (χ1) is 4.54. The van der Waals surface area contributed by atoms with Crippen molar-refractivity contribution in [1.29, 1.82) is 0 Å². The molecular formula is C2H6N4O4. The lowest BCUT2D eigenvalue weighted by atomic mass is 10.9. The van der Waals surface area contributed by atoms with E-state index in [9.17, 15) is 9.59 Å². The molecule has 4 amide bonds. The first kappa shape index (κ1) is 11.0. The van der Waals surface area contributed by atoms with Gasteiger partial charge in [0.05, 0.1) is 0 Å². The SMILES string of the molecule is NC(=O)NC(N)=O.O=NO. The fourth-order valence-electron chi connectivity index (χ4n) is 0.121. The van der Waals surface area contributed by atoms with Crippen LogP contribution >= 0.6 is 0 Å². The number of nitrogens with one attached hydrogen (secondary N) is 1. The minimum atomic E-state index is -0.938. The minimum Gasteiger partial charge on any atom is -0.379 e. The van der Waals surface area contributed by atoms with Gasteiger partial charge in [-0.1, -0.05) is 0 Å². The molecule has 0 radical (unpaired) electrons. The smallest absolute Gasteiger partial charge is 0.320 e. The average Bonchev–Trinajstić information content (AvgIpc) is 1.62. The highest BCUT2D eigenvalue weighted by atomic mass is 16.6. The molecule has 0 saturated carbocycles. The largest absolute Gasteiger partial charge is 0.379 e. The normalized spacial score (nSPS) is 6.40. The number of primary amides is 2. The Hall–Kier alpha value is -1.86. The molecule has 0 saturated heterocycles. The third-order valence-corrected chi connectivity index (χ3v) is 0.246. The molecule has 0 aliphatic carbocycles. The van der Waals surface area contributed by atoms with Gasteiger partial charge in [-0.2, -0.15) is 0 Å². The lowest BCUT2D eigenvalue weighted by Crippen LogP contribution is -2.38. The Morgan fingerprint density at radius 2 is 1.50 bits per heavy atom. The van der Waals surface area contributed by atoms with Gasteiger partial charge in [0.15, 0.2) is 5.34 Å². The quantitative estimate of drug-likeness (QED) is 0.255. The molecule has 8 nitrogen and oxygen atoms in total. The first-order valence-electron chi connectivity index (χ1n) is 1.87. The van der Waals surface area contributed by atoms with Gasteiger partial charge < -0.3 is 16.7 Å². The van der Waals surface area contributed by atoms with Gasteiger partial charge in [0.2, 0.25) is 0 Å². The first-order valence-corrected chi connectivity index (χ1v) is 1.87. The molecule has 0 aliphatic rings. The van der Waals surface area contributed by atoms with E-state index >= 15 is 0 Å². The Labute approximate surface area is 55.1 Å². The Kier molecular flexibility index (Phi) is 7.86. The zero-order chi connectivity index (χ0) is 8.57. The molecule has 0 aromatic carbocycles. The molecule has 0 heterocycles. The number of nitrogens with two attached hydrogens (primary N) is 2. The molecular weight excluding hydrogens is 144 g/mol. The summed E-state index contributed by atoms with van der Waals surface area (Å²) < 4.78 is 0. The Bertz CT molecular complexity index is 121. The van der Waals surface area contributed by atoms with Crippen molar-refractivity contribution >= 4 is 12.1 Å². The maximum atomic E-state index is 9.62. The van der Waals surface area contributed by atoms with Crippen LogP contribution in [0.5, 0.6) is 0 Å². The monoisotopic (exact) mass is 150 g/mol. The highest BCUT2D eigenvalue weighted by Gasteiger charge is 1.92. The maximum absolute atomic E-state index is 9.62. The summed E-state index contributed by atoms with van der Waals surface area (Å²) >= 11 is 0. The molecule has 0 aliphatic heterocycles. The molecule has 6 N–H and O–H groups in total. The van der Waals surface area contributed by atoms with Crippen molar-refractivity contribution in [2.75, 3.05) is 0 Å². The van der Waals surface area contributed by atoms with Crippen LogP contribution in [0, 0.1) is 4.91 Å². The molecule has 0 bridgehead atoms. The van der Waals surface area contributed by atoms with Crippen LogP contribution < -0.4 is 16.8 Å². The van der Waals surface area contributed by atoms with E-state index in [4.69, 9.17) is 10.1 Å². The van der Waals surface area contributed by atoms with E-state index in [1.54, 1.807) is 5.32 Å². The molecule has 0 spiro atoms. The fourth-order valence-corrected chi connectivity index (χ4v) is 0.121. The van der Waals surface area contributed by atoms with E-state index < -0.39 is 12.1 Å². The summed E-state index contributed by atoms with van der Waals surface area (Å²) in [6.07, 6.45) is 0. The summed E-state index contributed by atoms with van der Waals surface area (Å²) in [6, 6.07) is -1.88. The summed E-state index contributed by atoms with van der Waals surface area (Å²) in [4.78, 5) is 27.4. The maximum Gasteiger partial charge on any atom is 0.320 e. The number of imide groups is 1. The highest BCUT2D eigenvalue weighted by Crippen LogP contribution is 1.51. The number of urea groups is 2. The van der Waals surface area contributed by atoms with Crippen LogP contribution in [-0.4, -0.2) is 17.3 Å². The van der Waals surface area contributed by atoms with Gasteiger partial charge in [-0.3, -0.25) is 5.32 Å². The van der Waals surface area contributed by atoms with Gasteiger partial charge in [-0.05, 0) is 0 Å². The van der Waals surface area contributed by atoms with Gasteiger partial charge in [0.1, 0.15) is 0 Å². The van der Waals surface area contributed by atoms with Crippen LogP contribution in [0.4, 0.5) is 9.59 Å². The van der Waals surface area contributed by atoms with Crippen molar-refractivity contribution in [2.24, 2.45) is 16.8 Å². The summed E-state index contributed by atoms with van der Waals surface area (Å²) in [7, 11) is 0. The van der Waals surface area contributed by atoms with Gasteiger partial charge in [0.25, 0.3) is 0 Å². The van der Waals surface area contributed by atoms with Crippen LogP contribution in [-0.2, 0) is 0 Å². The molecule has 0 unspecified atom stereocenters. The number of carbonyl (C=O) groups is 2. The van der Waals surface area contributed by atoms with Gasteiger partial charge in [-0.15, -0.1) is 4.91 Å². The van der Waals surface area contributed by atoms with Crippen LogP contribution in [0.15, 0.2) is 5.34 Å². The average molecular weight is 150 g/mol. The van der Waals surface area contributed by atoms with Crippen molar-refractivity contribution in [3.63, 3.8) is 0 Å². The third-order valence-electron chi connectivity index (χ3n) is 0.246. The minimum absolute atomic E-state index is 0.937. The molecule has 8 heteroatoms. The second kappa shape index (κ2) is 7.14. The lowest BCUT2D eigenvalue weighted by molar-refractivity contribution is 0.236. The number of hydrogen-bond donors (Lipinski definition) is 4. The van der Waals surface area contributed by atoms with Crippen molar-refractivity contribution < 1.29 is 14.8 Å². The summed E-state index contributed by atoms with van der Waals surface area (Å²) in [6.45, 7) is 0. The Morgan fingerprint density at radius 1 is 1.30 bits per heavy atom. The van der Waals surface area contributed by atoms with E-state index in [-0.39, 0.29) is 0 Å². The molecule has 0 atom stereocenters. The van der Waals surface area contributed by atoms with Crippen molar-refractivity contribution in [3.05, 3.63) is 4.91 Å². The van der Waals surface area contributed by atoms with Gasteiger partial charge in [0, 0.05) is 0 Å². The zero-order valence-electron chi connectivity index (χ0n) is 4.77. The second-order valence-corrected chi connectivity index (χ2v) is 0.935. The molecule has 58 valence electrons. The number of amides is 4. The number of nitrogens with zero attached hydrogens (tertiary/aromatic N) is 1. The molecule has 0 fully saturated rings. The van der Waals surface area contributed by atoms with Crippen LogP contribution in [0.1, 0.15) is 0 Å². The van der Waals surface area contributed by atoms with Crippen LogP contribution in [0.25, 0.3) is 0 Å². The van der Waals surface area contributed by atoms with E-state index in [2.05, 4.69) is 11.5 Å². The predicted octanol–water partition coefficient (Wildman–Crippen LogP) is -1.12. The molecule has 0 aromatic rings. The van der Waals surface area contributed by atoms with Crippen molar-refractivity contribution in [1.82, 2.24) is 5.32 Å². The standard InChI is InChI=1S/C2H5N3O2.HNO2/c3-1(6)5-2(4)7;2-1-3/h(H5,3,4,5,6,7);(H,2,3). The number of carbonyl (C=O) groups excluding carboxylic acids is 2. The van der Waals surface area contributed by atoms with E-state index in [1.807, 2.05) is 0 Å².